The van der Waals surface area contributed by atoms with Crippen molar-refractivity contribution in [1.82, 2.24) is 4.90 Å². The van der Waals surface area contributed by atoms with Crippen LogP contribution in [0.3, 0.4) is 0 Å². The van der Waals surface area contributed by atoms with Gasteiger partial charge in [0.1, 0.15) is 0 Å². The van der Waals surface area contributed by atoms with Crippen LogP contribution in [-0.2, 0) is 11.2 Å². The fourth-order valence-electron chi connectivity index (χ4n) is 2.80. The zero-order chi connectivity index (χ0) is 14.5. The number of hydrogen-bond donors (Lipinski definition) is 1. The molecule has 0 aromatic heterocycles. The van der Waals surface area contributed by atoms with Crippen molar-refractivity contribution in [2.75, 3.05) is 13.1 Å². The van der Waals surface area contributed by atoms with Crippen LogP contribution in [0.5, 0.6) is 0 Å². The molecule has 0 unspecified atom stereocenters. The molecule has 110 valence electrons. The van der Waals surface area contributed by atoms with E-state index in [1.807, 2.05) is 23.1 Å². The van der Waals surface area contributed by atoms with E-state index in [1.165, 1.54) is 5.56 Å². The van der Waals surface area contributed by atoms with Gasteiger partial charge in [-0.05, 0) is 37.3 Å². The maximum Gasteiger partial charge on any atom is 0.226 e. The molecule has 20 heavy (non-hydrogen) atoms. The van der Waals surface area contributed by atoms with Crippen LogP contribution in [0.25, 0.3) is 0 Å². The number of carbonyl (C=O) groups is 1. The number of amides is 1. The van der Waals surface area contributed by atoms with Crippen molar-refractivity contribution in [2.24, 2.45) is 11.7 Å². The highest BCUT2D eigenvalue weighted by atomic mass is 79.9. The topological polar surface area (TPSA) is 46.3 Å². The Morgan fingerprint density at radius 1 is 1.50 bits per heavy atom. The third-order valence-electron chi connectivity index (χ3n) is 4.04. The third-order valence-corrected chi connectivity index (χ3v) is 4.81. The fourth-order valence-corrected chi connectivity index (χ4v) is 3.25. The molecule has 1 amide bonds. The summed E-state index contributed by atoms with van der Waals surface area (Å²) in [5, 5.41) is 0. The lowest BCUT2D eigenvalue weighted by molar-refractivity contribution is -0.136. The lowest BCUT2D eigenvalue weighted by Gasteiger charge is -2.33. The van der Waals surface area contributed by atoms with E-state index in [-0.39, 0.29) is 17.9 Å². The van der Waals surface area contributed by atoms with E-state index in [0.29, 0.717) is 6.54 Å². The fraction of sp³-hybridized carbons (Fsp3) is 0.562. The van der Waals surface area contributed by atoms with Crippen LogP contribution in [0.1, 0.15) is 31.7 Å². The van der Waals surface area contributed by atoms with Gasteiger partial charge in [-0.2, -0.15) is 0 Å². The number of halogens is 1. The van der Waals surface area contributed by atoms with E-state index in [2.05, 4.69) is 28.9 Å². The molecule has 4 heteroatoms. The normalized spacial score (nSPS) is 20.8. The average molecular weight is 339 g/mol. The number of carbonyl (C=O) groups excluding carboxylic acids is 1. The molecule has 1 aromatic carbocycles. The van der Waals surface area contributed by atoms with Crippen molar-refractivity contribution in [1.29, 1.82) is 0 Å². The molecular formula is C16H23BrN2O. The molecule has 0 saturated carbocycles. The summed E-state index contributed by atoms with van der Waals surface area (Å²) in [7, 11) is 0. The number of rotatable bonds is 4. The molecule has 2 atom stereocenters. The number of piperidine rings is 1. The van der Waals surface area contributed by atoms with Crippen LogP contribution in [0.15, 0.2) is 28.7 Å². The molecular weight excluding hydrogens is 316 g/mol. The van der Waals surface area contributed by atoms with Gasteiger partial charge < -0.3 is 10.6 Å². The highest BCUT2D eigenvalue weighted by Gasteiger charge is 2.27. The van der Waals surface area contributed by atoms with E-state index in [0.717, 1.165) is 36.7 Å². The Bertz CT molecular complexity index is 464. The van der Waals surface area contributed by atoms with Crippen molar-refractivity contribution >= 4 is 21.8 Å². The SMILES string of the molecule is CC[C@@H](Cc1ccccc1Br)C(=O)N1CCC[C@@H](N)C1. The predicted molar refractivity (Wildman–Crippen MR) is 85.4 cm³/mol. The van der Waals surface area contributed by atoms with Gasteiger partial charge in [-0.1, -0.05) is 41.1 Å². The second kappa shape index (κ2) is 7.23. The van der Waals surface area contributed by atoms with Crippen LogP contribution in [0.2, 0.25) is 0 Å². The number of likely N-dealkylation sites (tertiary alicyclic amines) is 1. The Balaban J connectivity index is 2.04. The van der Waals surface area contributed by atoms with Crippen molar-refractivity contribution in [3.05, 3.63) is 34.3 Å². The molecule has 1 aliphatic heterocycles. The summed E-state index contributed by atoms with van der Waals surface area (Å²) in [5.41, 5.74) is 7.18. The van der Waals surface area contributed by atoms with Gasteiger partial charge in [-0.25, -0.2) is 0 Å². The Morgan fingerprint density at radius 3 is 2.90 bits per heavy atom. The molecule has 0 aliphatic carbocycles. The first kappa shape index (κ1) is 15.5. The zero-order valence-electron chi connectivity index (χ0n) is 12.0. The first-order valence-electron chi connectivity index (χ1n) is 7.39. The van der Waals surface area contributed by atoms with Gasteiger partial charge in [-0.3, -0.25) is 4.79 Å². The maximum absolute atomic E-state index is 12.6. The number of benzene rings is 1. The van der Waals surface area contributed by atoms with E-state index in [9.17, 15) is 4.79 Å². The summed E-state index contributed by atoms with van der Waals surface area (Å²) in [4.78, 5) is 14.6. The second-order valence-electron chi connectivity index (χ2n) is 5.59. The number of nitrogens with zero attached hydrogens (tertiary/aromatic N) is 1. The van der Waals surface area contributed by atoms with Crippen LogP contribution in [0, 0.1) is 5.92 Å². The molecule has 1 aromatic rings. The Labute approximate surface area is 129 Å². The minimum Gasteiger partial charge on any atom is -0.341 e. The summed E-state index contributed by atoms with van der Waals surface area (Å²) in [6.07, 6.45) is 3.72. The van der Waals surface area contributed by atoms with Gasteiger partial charge in [0.25, 0.3) is 0 Å². The first-order chi connectivity index (χ1) is 9.61. The standard InChI is InChI=1S/C16H23BrN2O/c1-2-12(10-13-6-3-4-8-15(13)17)16(20)19-9-5-7-14(18)11-19/h3-4,6,8,12,14H,2,5,7,9-11,18H2,1H3/t12-,14+/m0/s1. The molecule has 0 spiro atoms. The number of nitrogens with two attached hydrogens (primary N) is 1. The van der Waals surface area contributed by atoms with E-state index in [4.69, 9.17) is 5.73 Å². The second-order valence-corrected chi connectivity index (χ2v) is 6.44. The highest BCUT2D eigenvalue weighted by Crippen LogP contribution is 2.23. The largest absolute Gasteiger partial charge is 0.341 e. The van der Waals surface area contributed by atoms with E-state index < -0.39 is 0 Å². The van der Waals surface area contributed by atoms with Gasteiger partial charge in [0.15, 0.2) is 0 Å². The van der Waals surface area contributed by atoms with Crippen molar-refractivity contribution in [3.63, 3.8) is 0 Å². The molecule has 1 heterocycles. The van der Waals surface area contributed by atoms with Crippen LogP contribution in [-0.4, -0.2) is 29.9 Å². The summed E-state index contributed by atoms with van der Waals surface area (Å²) >= 11 is 3.56. The van der Waals surface area contributed by atoms with Gasteiger partial charge in [0.2, 0.25) is 5.91 Å². The monoisotopic (exact) mass is 338 g/mol. The molecule has 1 fully saturated rings. The summed E-state index contributed by atoms with van der Waals surface area (Å²) in [6.45, 7) is 3.66. The summed E-state index contributed by atoms with van der Waals surface area (Å²) in [6, 6.07) is 8.29. The maximum atomic E-state index is 12.6. The smallest absolute Gasteiger partial charge is 0.226 e. The third kappa shape index (κ3) is 3.83. The Kier molecular flexibility index (Phi) is 5.61. The molecule has 0 bridgehead atoms. The quantitative estimate of drug-likeness (QED) is 0.917. The molecule has 2 N–H and O–H groups in total. The molecule has 1 saturated heterocycles. The van der Waals surface area contributed by atoms with Gasteiger partial charge in [-0.15, -0.1) is 0 Å². The van der Waals surface area contributed by atoms with Crippen molar-refractivity contribution in [3.8, 4) is 0 Å². The lowest BCUT2D eigenvalue weighted by Crippen LogP contribution is -2.48. The molecule has 3 nitrogen and oxygen atoms in total. The van der Waals surface area contributed by atoms with Crippen molar-refractivity contribution < 1.29 is 4.79 Å². The van der Waals surface area contributed by atoms with Crippen LogP contribution >= 0.6 is 15.9 Å². The van der Waals surface area contributed by atoms with Crippen LogP contribution < -0.4 is 5.73 Å². The first-order valence-corrected chi connectivity index (χ1v) is 8.19. The summed E-state index contributed by atoms with van der Waals surface area (Å²) in [5.74, 6) is 0.317. The zero-order valence-corrected chi connectivity index (χ0v) is 13.6. The van der Waals surface area contributed by atoms with E-state index in [1.54, 1.807) is 0 Å². The molecule has 1 aliphatic rings. The molecule has 0 radical (unpaired) electrons. The summed E-state index contributed by atoms with van der Waals surface area (Å²) < 4.78 is 1.08. The van der Waals surface area contributed by atoms with Gasteiger partial charge in [0.05, 0.1) is 0 Å². The highest BCUT2D eigenvalue weighted by molar-refractivity contribution is 9.10. The van der Waals surface area contributed by atoms with Gasteiger partial charge >= 0.3 is 0 Å². The Hall–Kier alpha value is -0.870. The minimum absolute atomic E-state index is 0.0546. The average Bonchev–Trinajstić information content (AvgIpc) is 2.46. The predicted octanol–water partition coefficient (Wildman–Crippen LogP) is 2.97. The van der Waals surface area contributed by atoms with Crippen molar-refractivity contribution in [2.45, 2.75) is 38.6 Å². The Morgan fingerprint density at radius 2 is 2.25 bits per heavy atom. The number of hydrogen-bond acceptors (Lipinski definition) is 2. The van der Waals surface area contributed by atoms with Gasteiger partial charge in [0, 0.05) is 29.5 Å². The van der Waals surface area contributed by atoms with E-state index >= 15 is 0 Å². The van der Waals surface area contributed by atoms with Crippen LogP contribution in [0.4, 0.5) is 0 Å². The minimum atomic E-state index is 0.0546. The lowest BCUT2D eigenvalue weighted by atomic mass is 9.94. The molecule has 2 rings (SSSR count).